The number of piperidine rings is 1. The summed E-state index contributed by atoms with van der Waals surface area (Å²) in [7, 11) is 0. The molecule has 1 amide bonds. The van der Waals surface area contributed by atoms with Crippen LogP contribution in [0.5, 0.6) is 0 Å². The van der Waals surface area contributed by atoms with Crippen molar-refractivity contribution in [1.82, 2.24) is 4.98 Å². The van der Waals surface area contributed by atoms with Gasteiger partial charge in [0.05, 0.1) is 23.3 Å². The van der Waals surface area contributed by atoms with Gasteiger partial charge in [-0.25, -0.2) is 4.98 Å². The summed E-state index contributed by atoms with van der Waals surface area (Å²) in [4.78, 5) is 18.4. The van der Waals surface area contributed by atoms with E-state index in [0.29, 0.717) is 6.54 Å². The molecule has 4 rings (SSSR count). The number of thiazole rings is 1. The van der Waals surface area contributed by atoms with Gasteiger partial charge in [-0.05, 0) is 67.6 Å². The lowest BCUT2D eigenvalue weighted by Gasteiger charge is -2.26. The molecule has 2 heterocycles. The van der Waals surface area contributed by atoms with Crippen LogP contribution in [0.15, 0.2) is 42.5 Å². The Labute approximate surface area is 164 Å². The third-order valence-corrected chi connectivity index (χ3v) is 6.42. The summed E-state index contributed by atoms with van der Waals surface area (Å²) in [5.41, 5.74) is 4.23. The van der Waals surface area contributed by atoms with Gasteiger partial charge in [-0.1, -0.05) is 13.0 Å². The molecule has 0 bridgehead atoms. The SMILES string of the molecule is Cc1ccc2nc(-c3ccc(NC(=O)C[NH+]4CCC(C)CC4)cc3)sc2c1. The van der Waals surface area contributed by atoms with Crippen LogP contribution in [0.4, 0.5) is 5.69 Å². The Balaban J connectivity index is 1.40. The lowest BCUT2D eigenvalue weighted by atomic mass is 9.99. The predicted octanol–water partition coefficient (Wildman–Crippen LogP) is 3.53. The van der Waals surface area contributed by atoms with Crippen molar-refractivity contribution in [3.05, 3.63) is 48.0 Å². The van der Waals surface area contributed by atoms with Crippen molar-refractivity contribution < 1.29 is 9.69 Å². The van der Waals surface area contributed by atoms with E-state index in [9.17, 15) is 4.79 Å². The third kappa shape index (κ3) is 4.37. The first-order valence-corrected chi connectivity index (χ1v) is 10.5. The predicted molar refractivity (Wildman–Crippen MR) is 112 cm³/mol. The van der Waals surface area contributed by atoms with Gasteiger partial charge in [-0.3, -0.25) is 4.79 Å². The fourth-order valence-corrected chi connectivity index (χ4v) is 4.70. The van der Waals surface area contributed by atoms with E-state index >= 15 is 0 Å². The van der Waals surface area contributed by atoms with E-state index in [1.807, 2.05) is 24.3 Å². The van der Waals surface area contributed by atoms with Crippen molar-refractivity contribution in [3.8, 4) is 10.6 Å². The largest absolute Gasteiger partial charge is 0.327 e. The highest BCUT2D eigenvalue weighted by Gasteiger charge is 2.21. The number of fused-ring (bicyclic) bond motifs is 1. The zero-order valence-electron chi connectivity index (χ0n) is 15.9. The quantitative estimate of drug-likeness (QED) is 0.727. The van der Waals surface area contributed by atoms with Crippen molar-refractivity contribution >= 4 is 33.1 Å². The lowest BCUT2D eigenvalue weighted by Crippen LogP contribution is -3.14. The molecule has 0 aliphatic carbocycles. The van der Waals surface area contributed by atoms with Crippen molar-refractivity contribution in [2.24, 2.45) is 5.92 Å². The second-order valence-corrected chi connectivity index (χ2v) is 8.76. The minimum absolute atomic E-state index is 0.0998. The van der Waals surface area contributed by atoms with Gasteiger partial charge in [-0.15, -0.1) is 11.3 Å². The van der Waals surface area contributed by atoms with Crippen LogP contribution >= 0.6 is 11.3 Å². The number of benzene rings is 2. The van der Waals surface area contributed by atoms with Gasteiger partial charge in [0, 0.05) is 11.3 Å². The number of aromatic nitrogens is 1. The average Bonchev–Trinajstić information content (AvgIpc) is 3.07. The van der Waals surface area contributed by atoms with Gasteiger partial charge in [0.1, 0.15) is 5.01 Å². The van der Waals surface area contributed by atoms with Crippen LogP contribution in [-0.2, 0) is 4.79 Å². The molecule has 0 spiro atoms. The van der Waals surface area contributed by atoms with Crippen LogP contribution in [-0.4, -0.2) is 30.5 Å². The molecule has 1 aromatic heterocycles. The second kappa shape index (κ2) is 7.79. The topological polar surface area (TPSA) is 46.4 Å². The molecule has 2 aromatic carbocycles. The van der Waals surface area contributed by atoms with E-state index in [4.69, 9.17) is 4.98 Å². The molecule has 1 aliphatic heterocycles. The third-order valence-electron chi connectivity index (χ3n) is 5.35. The van der Waals surface area contributed by atoms with Gasteiger partial charge in [0.2, 0.25) is 0 Å². The Kier molecular flexibility index (Phi) is 5.23. The van der Waals surface area contributed by atoms with Crippen molar-refractivity contribution in [2.45, 2.75) is 26.7 Å². The molecule has 1 fully saturated rings. The molecule has 0 atom stereocenters. The minimum atomic E-state index is 0.0998. The Hall–Kier alpha value is -2.24. The minimum Gasteiger partial charge on any atom is -0.327 e. The molecule has 3 aromatic rings. The summed E-state index contributed by atoms with van der Waals surface area (Å²) >= 11 is 1.71. The molecule has 0 unspecified atom stereocenters. The standard InChI is InChI=1S/C22H25N3OS/c1-15-9-11-25(12-10-15)14-21(26)23-18-6-4-17(5-7-18)22-24-19-8-3-16(2)13-20(19)27-22/h3-8,13,15H,9-12,14H2,1-2H3,(H,23,26)/p+1. The van der Waals surface area contributed by atoms with Crippen LogP contribution in [0.1, 0.15) is 25.3 Å². The van der Waals surface area contributed by atoms with Gasteiger partial charge < -0.3 is 10.2 Å². The maximum atomic E-state index is 12.3. The maximum absolute atomic E-state index is 12.3. The summed E-state index contributed by atoms with van der Waals surface area (Å²) in [5.74, 6) is 0.901. The molecule has 0 radical (unpaired) electrons. The van der Waals surface area contributed by atoms with Crippen LogP contribution in [0, 0.1) is 12.8 Å². The number of nitrogens with one attached hydrogen (secondary N) is 2. The van der Waals surface area contributed by atoms with Crippen LogP contribution in [0.3, 0.4) is 0 Å². The molecule has 1 saturated heterocycles. The smallest absolute Gasteiger partial charge is 0.279 e. The van der Waals surface area contributed by atoms with Crippen molar-refractivity contribution in [2.75, 3.05) is 25.0 Å². The Morgan fingerprint density at radius 3 is 2.67 bits per heavy atom. The van der Waals surface area contributed by atoms with Crippen LogP contribution in [0.2, 0.25) is 0 Å². The lowest BCUT2D eigenvalue weighted by molar-refractivity contribution is -0.897. The summed E-state index contributed by atoms with van der Waals surface area (Å²) in [6.07, 6.45) is 2.44. The Morgan fingerprint density at radius 2 is 1.93 bits per heavy atom. The van der Waals surface area contributed by atoms with Crippen molar-refractivity contribution in [1.29, 1.82) is 0 Å². The zero-order chi connectivity index (χ0) is 18.8. The fourth-order valence-electron chi connectivity index (χ4n) is 3.63. The molecule has 140 valence electrons. The number of nitrogens with zero attached hydrogens (tertiary/aromatic N) is 1. The van der Waals surface area contributed by atoms with Gasteiger partial charge >= 0.3 is 0 Å². The summed E-state index contributed by atoms with van der Waals surface area (Å²) in [5, 5.41) is 4.05. The normalized spacial score (nSPS) is 19.9. The van der Waals surface area contributed by atoms with Crippen LogP contribution < -0.4 is 10.2 Å². The number of carbonyl (C=O) groups excluding carboxylic acids is 1. The number of hydrogen-bond acceptors (Lipinski definition) is 3. The van der Waals surface area contributed by atoms with E-state index in [1.54, 1.807) is 11.3 Å². The number of quaternary nitrogens is 1. The Bertz CT molecular complexity index is 940. The highest BCUT2D eigenvalue weighted by Crippen LogP contribution is 2.31. The molecule has 4 nitrogen and oxygen atoms in total. The molecular formula is C22H26N3OS+. The average molecular weight is 381 g/mol. The zero-order valence-corrected chi connectivity index (χ0v) is 16.7. The van der Waals surface area contributed by atoms with Crippen molar-refractivity contribution in [3.63, 3.8) is 0 Å². The number of aryl methyl sites for hydroxylation is 1. The first kappa shape index (κ1) is 18.1. The molecule has 5 heteroatoms. The van der Waals surface area contributed by atoms with Gasteiger partial charge in [0.15, 0.2) is 6.54 Å². The number of amides is 1. The summed E-state index contributed by atoms with van der Waals surface area (Å²) in [6, 6.07) is 14.4. The van der Waals surface area contributed by atoms with Gasteiger partial charge in [-0.2, -0.15) is 0 Å². The number of anilines is 1. The highest BCUT2D eigenvalue weighted by molar-refractivity contribution is 7.21. The molecule has 1 aliphatic rings. The van der Waals surface area contributed by atoms with Crippen LogP contribution in [0.25, 0.3) is 20.8 Å². The molecule has 2 N–H and O–H groups in total. The van der Waals surface area contributed by atoms with E-state index < -0.39 is 0 Å². The second-order valence-electron chi connectivity index (χ2n) is 7.73. The monoisotopic (exact) mass is 380 g/mol. The number of carbonyl (C=O) groups is 1. The molecule has 27 heavy (non-hydrogen) atoms. The number of hydrogen-bond donors (Lipinski definition) is 2. The number of rotatable bonds is 4. The first-order valence-electron chi connectivity index (χ1n) is 9.68. The van der Waals surface area contributed by atoms with Gasteiger partial charge in [0.25, 0.3) is 5.91 Å². The van der Waals surface area contributed by atoms with E-state index in [-0.39, 0.29) is 5.91 Å². The first-order chi connectivity index (χ1) is 13.1. The molecular weight excluding hydrogens is 354 g/mol. The van der Waals surface area contributed by atoms with E-state index in [0.717, 1.165) is 40.8 Å². The maximum Gasteiger partial charge on any atom is 0.279 e. The summed E-state index contributed by atoms with van der Waals surface area (Å²) < 4.78 is 1.21. The fraction of sp³-hybridized carbons (Fsp3) is 0.364. The number of likely N-dealkylation sites (tertiary alicyclic amines) is 1. The van der Waals surface area contributed by atoms with E-state index in [2.05, 4.69) is 37.4 Å². The van der Waals surface area contributed by atoms with E-state index in [1.165, 1.54) is 28.0 Å². The Morgan fingerprint density at radius 1 is 1.19 bits per heavy atom. The highest BCUT2D eigenvalue weighted by atomic mass is 32.1. The molecule has 0 saturated carbocycles. The summed E-state index contributed by atoms with van der Waals surface area (Å²) in [6.45, 7) is 7.16.